The second kappa shape index (κ2) is 7.70. The highest BCUT2D eigenvalue weighted by Gasteiger charge is 2.50. The van der Waals surface area contributed by atoms with E-state index in [1.165, 1.54) is 11.0 Å². The highest BCUT2D eigenvalue weighted by Crippen LogP contribution is 2.41. The fourth-order valence-electron chi connectivity index (χ4n) is 3.45. The second-order valence-corrected chi connectivity index (χ2v) is 10.7. The summed E-state index contributed by atoms with van der Waals surface area (Å²) in [7, 11) is -3.28. The number of hydrogen-bond donors (Lipinski definition) is 0. The van der Waals surface area contributed by atoms with Crippen LogP contribution >= 0.6 is 23.4 Å². The predicted octanol–water partition coefficient (Wildman–Crippen LogP) is 3.46. The molecule has 0 saturated carbocycles. The molecule has 2 aromatic carbocycles. The Morgan fingerprint density at radius 3 is 2.59 bits per heavy atom. The summed E-state index contributed by atoms with van der Waals surface area (Å²) in [5, 5.41) is 0.400. The lowest BCUT2D eigenvalue weighted by Gasteiger charge is -2.24. The van der Waals surface area contributed by atoms with Gasteiger partial charge in [-0.25, -0.2) is 17.2 Å². The van der Waals surface area contributed by atoms with Gasteiger partial charge in [0.15, 0.2) is 15.0 Å². The Labute approximate surface area is 175 Å². The van der Waals surface area contributed by atoms with Crippen molar-refractivity contribution in [2.24, 2.45) is 4.99 Å². The van der Waals surface area contributed by atoms with Gasteiger partial charge in [0.1, 0.15) is 11.6 Å². The van der Waals surface area contributed by atoms with E-state index in [4.69, 9.17) is 11.6 Å². The van der Waals surface area contributed by atoms with Crippen LogP contribution in [-0.4, -0.2) is 42.3 Å². The van der Waals surface area contributed by atoms with Crippen LogP contribution in [0.15, 0.2) is 47.5 Å². The third-order valence-electron chi connectivity index (χ3n) is 4.72. The van der Waals surface area contributed by atoms with Gasteiger partial charge in [0, 0.05) is 16.3 Å². The number of halogens is 3. The lowest BCUT2D eigenvalue weighted by molar-refractivity contribution is -0.117. The van der Waals surface area contributed by atoms with Crippen molar-refractivity contribution in [2.45, 2.75) is 17.7 Å². The Bertz CT molecular complexity index is 1110. The standard InChI is InChI=1S/C19H15ClF2N2O3S2/c20-12-3-1-11(2-4-12)7-18(25)23-19-24(15-6-5-13(21)8-14(15)22)16-9-29(26,27)10-17(16)28-19/h1-6,8,16-17H,7,9-10H2/t16-,17-/m1/s1. The van der Waals surface area contributed by atoms with Crippen molar-refractivity contribution in [3.8, 4) is 0 Å². The highest BCUT2D eigenvalue weighted by molar-refractivity contribution is 8.16. The molecule has 1 amide bonds. The Hall–Kier alpha value is -1.97. The number of carbonyl (C=O) groups excluding carboxylic acids is 1. The van der Waals surface area contributed by atoms with Gasteiger partial charge in [-0.05, 0) is 29.8 Å². The van der Waals surface area contributed by atoms with Crippen LogP contribution in [0, 0.1) is 11.6 Å². The minimum absolute atomic E-state index is 0.00143. The number of nitrogens with zero attached hydrogens (tertiary/aromatic N) is 2. The predicted molar refractivity (Wildman–Crippen MR) is 110 cm³/mol. The molecule has 5 nitrogen and oxygen atoms in total. The van der Waals surface area contributed by atoms with Gasteiger partial charge in [-0.3, -0.25) is 4.79 Å². The summed E-state index contributed by atoms with van der Waals surface area (Å²) in [4.78, 5) is 18.0. The van der Waals surface area contributed by atoms with E-state index in [9.17, 15) is 22.0 Å². The van der Waals surface area contributed by atoms with Gasteiger partial charge in [0.25, 0.3) is 5.91 Å². The average molecular weight is 457 g/mol. The Morgan fingerprint density at radius 2 is 1.90 bits per heavy atom. The number of amides is 1. The Balaban J connectivity index is 1.66. The highest BCUT2D eigenvalue weighted by atomic mass is 35.5. The molecule has 0 radical (unpaired) electrons. The molecule has 0 aromatic heterocycles. The molecule has 0 bridgehead atoms. The molecule has 2 aromatic rings. The summed E-state index contributed by atoms with van der Waals surface area (Å²) in [5.41, 5.74) is 0.718. The van der Waals surface area contributed by atoms with Gasteiger partial charge in [0.2, 0.25) is 0 Å². The topological polar surface area (TPSA) is 66.8 Å². The SMILES string of the molecule is O=C(Cc1ccc(Cl)cc1)N=C1S[C@@H]2CS(=O)(=O)C[C@H]2N1c1ccc(F)cc1F. The van der Waals surface area contributed by atoms with Gasteiger partial charge in [-0.1, -0.05) is 35.5 Å². The van der Waals surface area contributed by atoms with Crippen molar-refractivity contribution in [3.05, 3.63) is 64.7 Å². The van der Waals surface area contributed by atoms with Crippen LogP contribution in [0.4, 0.5) is 14.5 Å². The molecule has 0 aliphatic carbocycles. The first-order valence-corrected chi connectivity index (χ1v) is 11.8. The minimum Gasteiger partial charge on any atom is -0.313 e. The molecule has 2 aliphatic rings. The zero-order valence-electron chi connectivity index (χ0n) is 14.9. The van der Waals surface area contributed by atoms with E-state index >= 15 is 0 Å². The molecule has 2 heterocycles. The van der Waals surface area contributed by atoms with E-state index in [0.717, 1.165) is 23.9 Å². The smallest absolute Gasteiger partial charge is 0.252 e. The number of fused-ring (bicyclic) bond motifs is 1. The molecule has 4 rings (SSSR count). The maximum atomic E-state index is 14.5. The van der Waals surface area contributed by atoms with Crippen molar-refractivity contribution in [3.63, 3.8) is 0 Å². The van der Waals surface area contributed by atoms with E-state index in [1.54, 1.807) is 24.3 Å². The van der Waals surface area contributed by atoms with Gasteiger partial charge >= 0.3 is 0 Å². The first-order chi connectivity index (χ1) is 13.7. The van der Waals surface area contributed by atoms with Gasteiger partial charge in [-0.15, -0.1) is 0 Å². The van der Waals surface area contributed by atoms with Crippen LogP contribution in [0.2, 0.25) is 5.02 Å². The number of amidine groups is 1. The average Bonchev–Trinajstić information content (AvgIpc) is 3.08. The van der Waals surface area contributed by atoms with Gasteiger partial charge in [-0.2, -0.15) is 4.99 Å². The molecule has 10 heteroatoms. The number of aliphatic imine (C=N–C) groups is 1. The largest absolute Gasteiger partial charge is 0.313 e. The molecular formula is C19H15ClF2N2O3S2. The third kappa shape index (κ3) is 4.31. The quantitative estimate of drug-likeness (QED) is 0.707. The summed E-state index contributed by atoms with van der Waals surface area (Å²) < 4.78 is 51.9. The van der Waals surface area contributed by atoms with Crippen LogP contribution in [0.3, 0.4) is 0 Å². The maximum Gasteiger partial charge on any atom is 0.252 e. The van der Waals surface area contributed by atoms with Crippen molar-refractivity contribution >= 4 is 50.0 Å². The molecule has 2 saturated heterocycles. The lowest BCUT2D eigenvalue weighted by atomic mass is 10.1. The zero-order chi connectivity index (χ0) is 20.8. The van der Waals surface area contributed by atoms with Crippen LogP contribution in [0.5, 0.6) is 0 Å². The van der Waals surface area contributed by atoms with Crippen LogP contribution in [-0.2, 0) is 21.1 Å². The lowest BCUT2D eigenvalue weighted by Crippen LogP contribution is -2.38. The number of carbonyl (C=O) groups is 1. The van der Waals surface area contributed by atoms with Crippen molar-refractivity contribution in [1.29, 1.82) is 0 Å². The minimum atomic E-state index is -3.28. The molecule has 0 unspecified atom stereocenters. The summed E-state index contributed by atoms with van der Waals surface area (Å²) in [6.07, 6.45) is 0.0224. The van der Waals surface area contributed by atoms with E-state index in [0.29, 0.717) is 10.6 Å². The van der Waals surface area contributed by atoms with Crippen LogP contribution in [0.1, 0.15) is 5.56 Å². The van der Waals surface area contributed by atoms with Crippen molar-refractivity contribution in [2.75, 3.05) is 16.4 Å². The summed E-state index contributed by atoms with van der Waals surface area (Å²) in [6, 6.07) is 9.23. The summed E-state index contributed by atoms with van der Waals surface area (Å²) in [5.74, 6) is -2.29. The molecule has 0 N–H and O–H groups in total. The number of hydrogen-bond acceptors (Lipinski definition) is 4. The monoisotopic (exact) mass is 456 g/mol. The molecule has 0 spiro atoms. The first kappa shape index (κ1) is 20.3. The zero-order valence-corrected chi connectivity index (χ0v) is 17.3. The number of rotatable bonds is 3. The number of sulfone groups is 1. The van der Waals surface area contributed by atoms with Crippen LogP contribution in [0.25, 0.3) is 0 Å². The summed E-state index contributed by atoms with van der Waals surface area (Å²) in [6.45, 7) is 0. The van der Waals surface area contributed by atoms with E-state index in [2.05, 4.69) is 4.99 Å². The Morgan fingerprint density at radius 1 is 1.17 bits per heavy atom. The van der Waals surface area contributed by atoms with E-state index < -0.39 is 33.4 Å². The third-order valence-corrected chi connectivity index (χ3v) is 8.19. The fourth-order valence-corrected chi connectivity index (χ4v) is 7.50. The molecule has 2 fully saturated rings. The van der Waals surface area contributed by atoms with Crippen LogP contribution < -0.4 is 4.90 Å². The molecule has 2 aliphatic heterocycles. The number of benzene rings is 2. The van der Waals surface area contributed by atoms with Gasteiger partial charge < -0.3 is 4.90 Å². The summed E-state index contributed by atoms with van der Waals surface area (Å²) >= 11 is 6.98. The molecular weight excluding hydrogens is 442 g/mol. The number of anilines is 1. The molecule has 152 valence electrons. The maximum absolute atomic E-state index is 14.5. The van der Waals surface area contributed by atoms with Crippen molar-refractivity contribution < 1.29 is 22.0 Å². The second-order valence-electron chi connectivity index (χ2n) is 6.86. The van der Waals surface area contributed by atoms with Crippen molar-refractivity contribution in [1.82, 2.24) is 0 Å². The molecule has 2 atom stereocenters. The number of thioether (sulfide) groups is 1. The first-order valence-electron chi connectivity index (χ1n) is 8.69. The van der Waals surface area contributed by atoms with Gasteiger partial charge in [0.05, 0.1) is 29.7 Å². The Kier molecular flexibility index (Phi) is 5.39. The molecule has 29 heavy (non-hydrogen) atoms. The normalized spacial score (nSPS) is 24.1. The fraction of sp³-hybridized carbons (Fsp3) is 0.263. The van der Waals surface area contributed by atoms with E-state index in [-0.39, 0.29) is 34.0 Å². The van der Waals surface area contributed by atoms with E-state index in [1.807, 2.05) is 0 Å².